The van der Waals surface area contributed by atoms with E-state index in [2.05, 4.69) is 10.3 Å². The zero-order valence-corrected chi connectivity index (χ0v) is 8.25. The van der Waals surface area contributed by atoms with Gasteiger partial charge in [0.25, 0.3) is 0 Å². The maximum Gasteiger partial charge on any atom is 0.161 e. The van der Waals surface area contributed by atoms with Gasteiger partial charge in [-0.2, -0.15) is 0 Å². The molecule has 1 heterocycles. The van der Waals surface area contributed by atoms with Crippen LogP contribution in [0.1, 0.15) is 11.1 Å². The van der Waals surface area contributed by atoms with Crippen molar-refractivity contribution >= 4 is 23.6 Å². The van der Waals surface area contributed by atoms with E-state index in [1.54, 1.807) is 6.07 Å². The lowest BCUT2D eigenvalue weighted by Gasteiger charge is -2.18. The molecule has 2 rings (SSSR count). The number of fused-ring (bicyclic) bond motifs is 1. The zero-order chi connectivity index (χ0) is 10.1. The lowest BCUT2D eigenvalue weighted by atomic mass is 10.1. The van der Waals surface area contributed by atoms with Crippen LogP contribution < -0.4 is 10.1 Å². The first-order valence-corrected chi connectivity index (χ1v) is 4.49. The Labute approximate surface area is 86.2 Å². The number of nitrogens with one attached hydrogen (secondary N) is 1. The second-order valence-corrected chi connectivity index (χ2v) is 3.31. The van der Waals surface area contributed by atoms with Crippen molar-refractivity contribution in [3.63, 3.8) is 0 Å². The van der Waals surface area contributed by atoms with Crippen molar-refractivity contribution in [1.82, 2.24) is 5.32 Å². The number of halogens is 1. The number of alkyl halides is 1. The Kier molecular flexibility index (Phi) is 2.21. The van der Waals surface area contributed by atoms with Crippen LogP contribution in [0, 0.1) is 0 Å². The number of ether oxygens (including phenoxy) is 1. The molecule has 4 nitrogen and oxygen atoms in total. The molecule has 1 atom stereocenters. The molecule has 14 heavy (non-hydrogen) atoms. The predicted molar refractivity (Wildman–Crippen MR) is 54.5 cm³/mol. The normalized spacial score (nSPS) is 18.6. The van der Waals surface area contributed by atoms with Crippen LogP contribution >= 0.6 is 11.6 Å². The summed E-state index contributed by atoms with van der Waals surface area (Å²) in [6, 6.07) is 3.20. The first-order chi connectivity index (χ1) is 6.72. The molecule has 0 aliphatic carbocycles. The van der Waals surface area contributed by atoms with Crippen molar-refractivity contribution in [1.29, 1.82) is 0 Å². The van der Waals surface area contributed by atoms with Gasteiger partial charge in [0.2, 0.25) is 0 Å². The quantitative estimate of drug-likeness (QED) is 0.552. The number of hydrogen-bond donors (Lipinski definition) is 2. The summed E-state index contributed by atoms with van der Waals surface area (Å²) >= 11 is 5.99. The van der Waals surface area contributed by atoms with Gasteiger partial charge in [-0.1, -0.05) is 11.6 Å². The van der Waals surface area contributed by atoms with Gasteiger partial charge in [-0.15, -0.1) is 0 Å². The van der Waals surface area contributed by atoms with E-state index >= 15 is 0 Å². The molecular formula is C9H9ClN2O2. The average Bonchev–Trinajstić information content (AvgIpc) is 2.17. The number of rotatable bonds is 1. The second kappa shape index (κ2) is 3.38. The Morgan fingerprint density at radius 1 is 1.57 bits per heavy atom. The molecule has 0 amide bonds. The van der Waals surface area contributed by atoms with E-state index in [0.717, 1.165) is 5.56 Å². The number of aliphatic imine (C=N–C) groups is 1. The summed E-state index contributed by atoms with van der Waals surface area (Å²) in [5.74, 6) is 0.461. The molecule has 0 spiro atoms. The molecule has 1 aliphatic heterocycles. The molecular weight excluding hydrogens is 204 g/mol. The van der Waals surface area contributed by atoms with E-state index in [1.165, 1.54) is 19.5 Å². The van der Waals surface area contributed by atoms with Gasteiger partial charge < -0.3 is 15.2 Å². The first kappa shape index (κ1) is 9.15. The molecule has 0 saturated carbocycles. The molecule has 74 valence electrons. The van der Waals surface area contributed by atoms with Crippen LogP contribution in [0.3, 0.4) is 0 Å². The SMILES string of the molecule is COc1cc2c(cc1O)N=CNC2Cl. The highest BCUT2D eigenvalue weighted by Crippen LogP contribution is 2.39. The monoisotopic (exact) mass is 212 g/mol. The maximum atomic E-state index is 9.49. The van der Waals surface area contributed by atoms with Crippen LogP contribution in [0.25, 0.3) is 0 Å². The first-order valence-electron chi connectivity index (χ1n) is 4.06. The fraction of sp³-hybridized carbons (Fsp3) is 0.222. The molecule has 0 aromatic heterocycles. The highest BCUT2D eigenvalue weighted by atomic mass is 35.5. The van der Waals surface area contributed by atoms with Crippen molar-refractivity contribution in [2.75, 3.05) is 7.11 Å². The minimum absolute atomic E-state index is 0.0640. The average molecular weight is 213 g/mol. The number of nitrogens with zero attached hydrogens (tertiary/aromatic N) is 1. The Morgan fingerprint density at radius 3 is 3.07 bits per heavy atom. The Bertz CT molecular complexity index is 393. The molecule has 0 saturated heterocycles. The van der Waals surface area contributed by atoms with Crippen LogP contribution in [0.4, 0.5) is 5.69 Å². The van der Waals surface area contributed by atoms with Crippen molar-refractivity contribution in [2.45, 2.75) is 5.50 Å². The Balaban J connectivity index is 2.56. The zero-order valence-electron chi connectivity index (χ0n) is 7.49. The lowest BCUT2D eigenvalue weighted by molar-refractivity contribution is 0.373. The highest BCUT2D eigenvalue weighted by Gasteiger charge is 2.17. The summed E-state index contributed by atoms with van der Waals surface area (Å²) in [5, 5.41) is 12.3. The largest absolute Gasteiger partial charge is 0.504 e. The molecule has 1 aromatic rings. The van der Waals surface area contributed by atoms with Crippen LogP contribution in [0.2, 0.25) is 0 Å². The van der Waals surface area contributed by atoms with E-state index in [0.29, 0.717) is 11.4 Å². The highest BCUT2D eigenvalue weighted by molar-refractivity contribution is 6.22. The van der Waals surface area contributed by atoms with Crippen LogP contribution in [0.5, 0.6) is 11.5 Å². The van der Waals surface area contributed by atoms with Crippen LogP contribution in [-0.4, -0.2) is 18.6 Å². The van der Waals surface area contributed by atoms with Gasteiger partial charge in [0.1, 0.15) is 5.50 Å². The van der Waals surface area contributed by atoms with Crippen molar-refractivity contribution in [3.8, 4) is 11.5 Å². The third-order valence-electron chi connectivity index (χ3n) is 2.03. The molecule has 0 fully saturated rings. The fourth-order valence-corrected chi connectivity index (χ4v) is 1.54. The summed E-state index contributed by atoms with van der Waals surface area (Å²) in [6.07, 6.45) is 1.51. The van der Waals surface area contributed by atoms with Gasteiger partial charge in [0.05, 0.1) is 19.1 Å². The molecule has 1 aliphatic rings. The molecule has 1 unspecified atom stereocenters. The number of phenols is 1. The van der Waals surface area contributed by atoms with Gasteiger partial charge in [-0.05, 0) is 6.07 Å². The minimum Gasteiger partial charge on any atom is -0.504 e. The summed E-state index contributed by atoms with van der Waals surface area (Å²) in [6.45, 7) is 0. The summed E-state index contributed by atoms with van der Waals surface area (Å²) < 4.78 is 4.97. The van der Waals surface area contributed by atoms with Gasteiger partial charge in [0, 0.05) is 11.6 Å². The lowest BCUT2D eigenvalue weighted by Crippen LogP contribution is -2.17. The van der Waals surface area contributed by atoms with Gasteiger partial charge in [-0.25, -0.2) is 4.99 Å². The Hall–Kier alpha value is -1.42. The van der Waals surface area contributed by atoms with E-state index in [9.17, 15) is 5.11 Å². The number of hydrogen-bond acceptors (Lipinski definition) is 4. The van der Waals surface area contributed by atoms with Crippen molar-refractivity contribution < 1.29 is 9.84 Å². The summed E-state index contributed by atoms with van der Waals surface area (Å²) in [7, 11) is 1.49. The summed E-state index contributed by atoms with van der Waals surface area (Å²) in [4.78, 5) is 4.04. The van der Waals surface area contributed by atoms with Crippen molar-refractivity contribution in [3.05, 3.63) is 17.7 Å². The number of phenolic OH excluding ortho intramolecular Hbond substituents is 1. The number of benzene rings is 1. The molecule has 1 aromatic carbocycles. The van der Waals surface area contributed by atoms with Crippen LogP contribution in [0.15, 0.2) is 17.1 Å². The molecule has 0 radical (unpaired) electrons. The third-order valence-corrected chi connectivity index (χ3v) is 2.39. The smallest absolute Gasteiger partial charge is 0.161 e. The van der Waals surface area contributed by atoms with E-state index in [4.69, 9.17) is 16.3 Å². The van der Waals surface area contributed by atoms with Gasteiger partial charge in [-0.3, -0.25) is 0 Å². The fourth-order valence-electron chi connectivity index (χ4n) is 1.31. The molecule has 2 N–H and O–H groups in total. The van der Waals surface area contributed by atoms with Gasteiger partial charge >= 0.3 is 0 Å². The topological polar surface area (TPSA) is 53.9 Å². The van der Waals surface area contributed by atoms with E-state index in [-0.39, 0.29) is 11.3 Å². The standard InChI is InChI=1S/C9H9ClN2O2/c1-14-8-2-5-6(3-7(8)13)11-4-12-9(5)10/h2-4,9,13H,1H3,(H,11,12). The van der Waals surface area contributed by atoms with Crippen LogP contribution in [-0.2, 0) is 0 Å². The maximum absolute atomic E-state index is 9.49. The minimum atomic E-state index is -0.336. The third kappa shape index (κ3) is 1.37. The molecule has 5 heteroatoms. The number of aromatic hydroxyl groups is 1. The Morgan fingerprint density at radius 2 is 2.36 bits per heavy atom. The van der Waals surface area contributed by atoms with E-state index in [1.807, 2.05) is 0 Å². The van der Waals surface area contributed by atoms with E-state index < -0.39 is 0 Å². The van der Waals surface area contributed by atoms with Gasteiger partial charge in [0.15, 0.2) is 11.5 Å². The number of methoxy groups -OCH3 is 1. The second-order valence-electron chi connectivity index (χ2n) is 2.87. The van der Waals surface area contributed by atoms with Crippen molar-refractivity contribution in [2.24, 2.45) is 4.99 Å². The molecule has 0 bridgehead atoms. The summed E-state index contributed by atoms with van der Waals surface area (Å²) in [5.41, 5.74) is 1.11. The predicted octanol–water partition coefficient (Wildman–Crippen LogP) is 1.90.